The fraction of sp³-hybridized carbons (Fsp3) is 0.286. The zero-order valence-corrected chi connectivity index (χ0v) is 11.2. The lowest BCUT2D eigenvalue weighted by atomic mass is 10.2. The molecule has 1 aromatic heterocycles. The minimum Gasteiger partial charge on any atom is -0.492 e. The lowest BCUT2D eigenvalue weighted by Crippen LogP contribution is -2.12. The second-order valence-corrected chi connectivity index (χ2v) is 4.13. The van der Waals surface area contributed by atoms with Crippen molar-refractivity contribution in [3.05, 3.63) is 42.2 Å². The maximum atomic E-state index is 5.64. The first kappa shape index (κ1) is 13.1. The van der Waals surface area contributed by atoms with Crippen LogP contribution in [0.1, 0.15) is 5.56 Å². The molecule has 1 aromatic carbocycles. The smallest absolute Gasteiger partial charge is 0.131 e. The van der Waals surface area contributed by atoms with Gasteiger partial charge in [0.2, 0.25) is 0 Å². The van der Waals surface area contributed by atoms with Gasteiger partial charge in [-0.1, -0.05) is 12.1 Å². The lowest BCUT2D eigenvalue weighted by Gasteiger charge is -2.09. The molecule has 1 heterocycles. The van der Waals surface area contributed by atoms with E-state index in [0.29, 0.717) is 13.2 Å². The largest absolute Gasteiger partial charge is 0.492 e. The van der Waals surface area contributed by atoms with E-state index in [-0.39, 0.29) is 0 Å². The van der Waals surface area contributed by atoms with E-state index in [2.05, 4.69) is 20.6 Å². The number of aryl methyl sites for hydroxylation is 1. The first-order valence-corrected chi connectivity index (χ1v) is 6.21. The number of rotatable bonds is 6. The molecule has 2 N–H and O–H groups in total. The molecule has 0 aliphatic rings. The number of aromatic nitrogens is 2. The number of anilines is 2. The molecule has 100 valence electrons. The molecular formula is C14H18N4O. The van der Waals surface area contributed by atoms with Gasteiger partial charge in [0.05, 0.1) is 6.54 Å². The van der Waals surface area contributed by atoms with Crippen molar-refractivity contribution in [1.82, 2.24) is 9.97 Å². The number of nitrogens with zero attached hydrogens (tertiary/aromatic N) is 2. The number of nitrogens with one attached hydrogen (secondary N) is 2. The molecule has 19 heavy (non-hydrogen) atoms. The average Bonchev–Trinajstić information content (AvgIpc) is 2.44. The molecule has 0 radical (unpaired) electrons. The van der Waals surface area contributed by atoms with Crippen molar-refractivity contribution in [3.8, 4) is 5.75 Å². The Balaban J connectivity index is 1.77. The van der Waals surface area contributed by atoms with Crippen LogP contribution >= 0.6 is 0 Å². The summed E-state index contributed by atoms with van der Waals surface area (Å²) in [6.07, 6.45) is 1.52. The molecule has 0 aliphatic carbocycles. The first-order chi connectivity index (χ1) is 9.28. The Hall–Kier alpha value is -2.30. The quantitative estimate of drug-likeness (QED) is 0.779. The fourth-order valence-electron chi connectivity index (χ4n) is 1.64. The predicted octanol–water partition coefficient (Wildman–Crippen LogP) is 2.32. The van der Waals surface area contributed by atoms with Gasteiger partial charge in [0.15, 0.2) is 0 Å². The summed E-state index contributed by atoms with van der Waals surface area (Å²) in [5, 5.41) is 6.16. The summed E-state index contributed by atoms with van der Waals surface area (Å²) in [6.45, 7) is 3.32. The third-order valence-electron chi connectivity index (χ3n) is 2.59. The van der Waals surface area contributed by atoms with Crippen LogP contribution in [0.15, 0.2) is 36.7 Å². The summed E-state index contributed by atoms with van der Waals surface area (Å²) >= 11 is 0. The number of benzene rings is 1. The summed E-state index contributed by atoms with van der Waals surface area (Å²) in [6, 6.07) is 9.86. The van der Waals surface area contributed by atoms with Gasteiger partial charge in [-0.25, -0.2) is 9.97 Å². The molecule has 0 atom stereocenters. The van der Waals surface area contributed by atoms with Crippen LogP contribution in [-0.4, -0.2) is 30.2 Å². The minimum absolute atomic E-state index is 0.586. The Kier molecular flexibility index (Phi) is 4.55. The Labute approximate surface area is 113 Å². The molecule has 0 saturated carbocycles. The van der Waals surface area contributed by atoms with Crippen LogP contribution in [0.4, 0.5) is 11.6 Å². The molecule has 0 saturated heterocycles. The highest BCUT2D eigenvalue weighted by molar-refractivity contribution is 5.45. The van der Waals surface area contributed by atoms with Crippen LogP contribution in [-0.2, 0) is 0 Å². The molecule has 0 unspecified atom stereocenters. The van der Waals surface area contributed by atoms with Crippen molar-refractivity contribution in [3.63, 3.8) is 0 Å². The second kappa shape index (κ2) is 6.58. The summed E-state index contributed by atoms with van der Waals surface area (Å²) in [7, 11) is 1.83. The fourth-order valence-corrected chi connectivity index (χ4v) is 1.64. The van der Waals surface area contributed by atoms with E-state index in [1.807, 2.05) is 44.3 Å². The first-order valence-electron chi connectivity index (χ1n) is 6.21. The number of hydrogen-bond acceptors (Lipinski definition) is 5. The maximum Gasteiger partial charge on any atom is 0.131 e. The van der Waals surface area contributed by atoms with E-state index in [1.165, 1.54) is 11.9 Å². The van der Waals surface area contributed by atoms with Crippen molar-refractivity contribution in [2.45, 2.75) is 6.92 Å². The van der Waals surface area contributed by atoms with Gasteiger partial charge in [-0.2, -0.15) is 0 Å². The number of ether oxygens (including phenoxy) is 1. The standard InChI is InChI=1S/C14H18N4O/c1-11-4-3-5-12(8-11)19-7-6-16-14-9-13(15-2)17-10-18-14/h3-5,8-10H,6-7H2,1-2H3,(H2,15,16,17,18). The Morgan fingerprint density at radius 2 is 2.00 bits per heavy atom. The average molecular weight is 258 g/mol. The molecule has 5 heteroatoms. The molecule has 5 nitrogen and oxygen atoms in total. The van der Waals surface area contributed by atoms with E-state index in [1.54, 1.807) is 0 Å². The normalized spacial score (nSPS) is 10.0. The van der Waals surface area contributed by atoms with Crippen molar-refractivity contribution < 1.29 is 4.74 Å². The summed E-state index contributed by atoms with van der Waals surface area (Å²) in [4.78, 5) is 8.18. The van der Waals surface area contributed by atoms with E-state index >= 15 is 0 Å². The molecule has 2 rings (SSSR count). The van der Waals surface area contributed by atoms with Crippen LogP contribution in [0.25, 0.3) is 0 Å². The van der Waals surface area contributed by atoms with E-state index in [0.717, 1.165) is 17.4 Å². The molecule has 0 bridgehead atoms. The molecule has 0 aliphatic heterocycles. The summed E-state index contributed by atoms with van der Waals surface area (Å²) in [5.41, 5.74) is 1.19. The van der Waals surface area contributed by atoms with Crippen LogP contribution in [0.2, 0.25) is 0 Å². The predicted molar refractivity (Wildman–Crippen MR) is 76.7 cm³/mol. The van der Waals surface area contributed by atoms with E-state index in [4.69, 9.17) is 4.74 Å². The van der Waals surface area contributed by atoms with Crippen LogP contribution in [0.3, 0.4) is 0 Å². The summed E-state index contributed by atoms with van der Waals surface area (Å²) < 4.78 is 5.64. The molecule has 0 amide bonds. The summed E-state index contributed by atoms with van der Waals surface area (Å²) in [5.74, 6) is 2.46. The monoisotopic (exact) mass is 258 g/mol. The minimum atomic E-state index is 0.586. The van der Waals surface area contributed by atoms with Gasteiger partial charge in [-0.3, -0.25) is 0 Å². The SMILES string of the molecule is CNc1cc(NCCOc2cccc(C)c2)ncn1. The van der Waals surface area contributed by atoms with Crippen molar-refractivity contribution in [1.29, 1.82) is 0 Å². The van der Waals surface area contributed by atoms with Crippen molar-refractivity contribution >= 4 is 11.6 Å². The zero-order chi connectivity index (χ0) is 13.5. The second-order valence-electron chi connectivity index (χ2n) is 4.13. The van der Waals surface area contributed by atoms with Crippen LogP contribution in [0, 0.1) is 6.92 Å². The highest BCUT2D eigenvalue weighted by Crippen LogP contribution is 2.12. The highest BCUT2D eigenvalue weighted by Gasteiger charge is 1.97. The van der Waals surface area contributed by atoms with Crippen molar-refractivity contribution in [2.75, 3.05) is 30.8 Å². The van der Waals surface area contributed by atoms with Crippen LogP contribution < -0.4 is 15.4 Å². The van der Waals surface area contributed by atoms with Gasteiger partial charge in [0.25, 0.3) is 0 Å². The van der Waals surface area contributed by atoms with Gasteiger partial charge < -0.3 is 15.4 Å². The Bertz CT molecular complexity index is 530. The van der Waals surface area contributed by atoms with Gasteiger partial charge in [-0.15, -0.1) is 0 Å². The lowest BCUT2D eigenvalue weighted by molar-refractivity contribution is 0.332. The highest BCUT2D eigenvalue weighted by atomic mass is 16.5. The van der Waals surface area contributed by atoms with Gasteiger partial charge in [-0.05, 0) is 24.6 Å². The van der Waals surface area contributed by atoms with Gasteiger partial charge in [0, 0.05) is 13.1 Å². The molecule has 2 aromatic rings. The topological polar surface area (TPSA) is 59.1 Å². The third kappa shape index (κ3) is 4.13. The van der Waals surface area contributed by atoms with E-state index < -0.39 is 0 Å². The Morgan fingerprint density at radius 3 is 2.79 bits per heavy atom. The van der Waals surface area contributed by atoms with Crippen LogP contribution in [0.5, 0.6) is 5.75 Å². The zero-order valence-electron chi connectivity index (χ0n) is 11.2. The number of hydrogen-bond donors (Lipinski definition) is 2. The Morgan fingerprint density at radius 1 is 1.16 bits per heavy atom. The van der Waals surface area contributed by atoms with Gasteiger partial charge >= 0.3 is 0 Å². The molecular weight excluding hydrogens is 240 g/mol. The molecule has 0 spiro atoms. The molecule has 0 fully saturated rings. The van der Waals surface area contributed by atoms with Crippen molar-refractivity contribution in [2.24, 2.45) is 0 Å². The maximum absolute atomic E-state index is 5.64. The third-order valence-corrected chi connectivity index (χ3v) is 2.59. The van der Waals surface area contributed by atoms with E-state index in [9.17, 15) is 0 Å². The van der Waals surface area contributed by atoms with Gasteiger partial charge in [0.1, 0.15) is 30.3 Å².